The lowest BCUT2D eigenvalue weighted by molar-refractivity contribution is -0.120. The first kappa shape index (κ1) is 25.1. The monoisotopic (exact) mass is 515 g/mol. The van der Waals surface area contributed by atoms with E-state index in [-0.39, 0.29) is 17.6 Å². The molecule has 1 unspecified atom stereocenters. The maximum Gasteiger partial charge on any atom is 0.234 e. The van der Waals surface area contributed by atoms with Gasteiger partial charge in [-0.2, -0.15) is 5.10 Å². The number of pyridine rings is 1. The maximum absolute atomic E-state index is 14.1. The van der Waals surface area contributed by atoms with Gasteiger partial charge in [0, 0.05) is 22.3 Å². The summed E-state index contributed by atoms with van der Waals surface area (Å²) in [6.07, 6.45) is 8.05. The molecule has 0 aliphatic heterocycles. The lowest BCUT2D eigenvalue weighted by atomic mass is 9.81. The largest absolute Gasteiger partial charge is 0.508 e. The quantitative estimate of drug-likeness (QED) is 0.332. The third kappa shape index (κ3) is 5.30. The molecule has 3 aromatic heterocycles. The molecule has 0 saturated carbocycles. The Labute approximate surface area is 221 Å². The Morgan fingerprint density at radius 3 is 2.76 bits per heavy atom. The van der Waals surface area contributed by atoms with Gasteiger partial charge >= 0.3 is 0 Å². The van der Waals surface area contributed by atoms with Crippen LogP contribution in [0.3, 0.4) is 0 Å². The molecular formula is C29H33N5O2S. The molecule has 0 saturated heterocycles. The summed E-state index contributed by atoms with van der Waals surface area (Å²) >= 11 is 1.69. The van der Waals surface area contributed by atoms with Crippen LogP contribution < -0.4 is 4.90 Å². The summed E-state index contributed by atoms with van der Waals surface area (Å²) in [4.78, 5) is 26.3. The molecule has 5 rings (SSSR count). The first-order chi connectivity index (χ1) is 17.8. The zero-order chi connectivity index (χ0) is 26.1. The zero-order valence-corrected chi connectivity index (χ0v) is 22.6. The summed E-state index contributed by atoms with van der Waals surface area (Å²) < 4.78 is 1.91. The van der Waals surface area contributed by atoms with Gasteiger partial charge in [0.05, 0.1) is 47.8 Å². The van der Waals surface area contributed by atoms with Crippen molar-refractivity contribution in [1.29, 1.82) is 0 Å². The zero-order valence-electron chi connectivity index (χ0n) is 21.8. The molecule has 1 atom stereocenters. The number of nitrogens with zero attached hydrogens (tertiary/aromatic N) is 5. The third-order valence-electron chi connectivity index (χ3n) is 7.05. The molecule has 7 nitrogen and oxygen atoms in total. The number of rotatable bonds is 7. The molecule has 1 aromatic carbocycles. The average molecular weight is 516 g/mol. The second-order valence-corrected chi connectivity index (χ2v) is 11.4. The van der Waals surface area contributed by atoms with Gasteiger partial charge in [-0.3, -0.25) is 14.5 Å². The molecule has 1 amide bonds. The number of carbonyl (C=O) groups excluding carboxylic acids is 1. The number of hydrogen-bond acceptors (Lipinski definition) is 6. The van der Waals surface area contributed by atoms with Crippen LogP contribution in [0.1, 0.15) is 76.5 Å². The summed E-state index contributed by atoms with van der Waals surface area (Å²) in [7, 11) is 0. The van der Waals surface area contributed by atoms with Crippen LogP contribution in [-0.2, 0) is 24.3 Å². The fourth-order valence-corrected chi connectivity index (χ4v) is 6.02. The average Bonchev–Trinajstić information content (AvgIpc) is 3.46. The number of benzene rings is 1. The topological polar surface area (TPSA) is 84.1 Å². The minimum absolute atomic E-state index is 0.0207. The minimum atomic E-state index is -0.307. The number of aromatic nitrogens is 4. The highest BCUT2D eigenvalue weighted by Crippen LogP contribution is 2.38. The molecule has 1 aliphatic carbocycles. The molecule has 0 spiro atoms. The second kappa shape index (κ2) is 10.5. The summed E-state index contributed by atoms with van der Waals surface area (Å²) in [5.74, 6) is 0.300. The third-order valence-corrected chi connectivity index (χ3v) is 8.11. The van der Waals surface area contributed by atoms with Crippen molar-refractivity contribution >= 4 is 22.9 Å². The Balaban J connectivity index is 1.45. The van der Waals surface area contributed by atoms with Crippen molar-refractivity contribution < 1.29 is 9.90 Å². The summed E-state index contributed by atoms with van der Waals surface area (Å²) in [6.45, 7) is 9.31. The minimum Gasteiger partial charge on any atom is -0.508 e. The summed E-state index contributed by atoms with van der Waals surface area (Å²) in [5.41, 5.74) is 5.57. The number of phenolic OH excluding ortho intramolecular Hbond substituents is 1. The van der Waals surface area contributed by atoms with Crippen LogP contribution in [0.2, 0.25) is 0 Å². The molecule has 1 N–H and O–H groups in total. The van der Waals surface area contributed by atoms with Crippen LogP contribution in [0.15, 0.2) is 48.9 Å². The van der Waals surface area contributed by atoms with Crippen molar-refractivity contribution in [2.75, 3.05) is 4.90 Å². The Kier molecular flexibility index (Phi) is 7.11. The number of anilines is 1. The molecule has 0 bridgehead atoms. The van der Waals surface area contributed by atoms with E-state index >= 15 is 0 Å². The summed E-state index contributed by atoms with van der Waals surface area (Å²) in [5, 5.41) is 16.0. The number of amides is 1. The van der Waals surface area contributed by atoms with Crippen LogP contribution >= 0.6 is 11.3 Å². The number of aromatic hydroxyl groups is 1. The predicted octanol–water partition coefficient (Wildman–Crippen LogP) is 5.88. The molecule has 0 fully saturated rings. The van der Waals surface area contributed by atoms with E-state index < -0.39 is 0 Å². The maximum atomic E-state index is 14.1. The molecule has 192 valence electrons. The predicted molar refractivity (Wildman–Crippen MR) is 146 cm³/mol. The van der Waals surface area contributed by atoms with Crippen LogP contribution in [0, 0.1) is 13.8 Å². The van der Waals surface area contributed by atoms with Gasteiger partial charge in [0.15, 0.2) is 0 Å². The van der Waals surface area contributed by atoms with Crippen molar-refractivity contribution in [2.24, 2.45) is 0 Å². The van der Waals surface area contributed by atoms with E-state index in [0.29, 0.717) is 19.0 Å². The van der Waals surface area contributed by atoms with Crippen molar-refractivity contribution in [3.8, 4) is 5.75 Å². The number of hydrogen-bond donors (Lipinski definition) is 1. The fraction of sp³-hybridized carbons (Fsp3) is 0.379. The standard InChI is InChI=1S/C29H33N5O2S/c1-18(2)26-12-11-22(14-30-26)34(29(36)25-9-5-8-24-23(25)7-6-10-27(24)35)16-21-13-31-33(15-21)17-28-19(3)32-20(4)37-28/h6-7,10-15,18,25,35H,5,8-9,16-17H2,1-4H3. The van der Waals surface area contributed by atoms with E-state index in [9.17, 15) is 9.90 Å². The number of phenols is 1. The van der Waals surface area contributed by atoms with Gasteiger partial charge in [-0.05, 0) is 68.4 Å². The smallest absolute Gasteiger partial charge is 0.234 e. The van der Waals surface area contributed by atoms with Gasteiger partial charge in [-0.1, -0.05) is 26.0 Å². The van der Waals surface area contributed by atoms with E-state index in [1.807, 2.05) is 60.1 Å². The van der Waals surface area contributed by atoms with Crippen LogP contribution in [0.25, 0.3) is 0 Å². The van der Waals surface area contributed by atoms with Crippen molar-refractivity contribution in [3.63, 3.8) is 0 Å². The van der Waals surface area contributed by atoms with Crippen LogP contribution in [0.4, 0.5) is 5.69 Å². The van der Waals surface area contributed by atoms with Gasteiger partial charge in [0.1, 0.15) is 5.75 Å². The van der Waals surface area contributed by atoms with Gasteiger partial charge in [0.25, 0.3) is 0 Å². The van der Waals surface area contributed by atoms with E-state index in [2.05, 4.69) is 28.9 Å². The first-order valence-corrected chi connectivity index (χ1v) is 13.6. The van der Waals surface area contributed by atoms with Gasteiger partial charge < -0.3 is 10.0 Å². The fourth-order valence-electron chi connectivity index (χ4n) is 5.09. The second-order valence-electron chi connectivity index (χ2n) is 10.1. The summed E-state index contributed by atoms with van der Waals surface area (Å²) in [6, 6.07) is 9.50. The highest BCUT2D eigenvalue weighted by molar-refractivity contribution is 7.11. The number of aryl methyl sites for hydroxylation is 2. The number of fused-ring (bicyclic) bond motifs is 1. The lowest BCUT2D eigenvalue weighted by Gasteiger charge is -2.31. The SMILES string of the molecule is Cc1nc(C)c(Cn2cc(CN(C(=O)C3CCCc4c(O)cccc43)c3ccc(C(C)C)nc3)cn2)s1. The van der Waals surface area contributed by atoms with Crippen molar-refractivity contribution in [1.82, 2.24) is 19.7 Å². The van der Waals surface area contributed by atoms with Crippen molar-refractivity contribution in [3.05, 3.63) is 86.9 Å². The normalized spacial score (nSPS) is 15.1. The molecule has 4 aromatic rings. The highest BCUT2D eigenvalue weighted by atomic mass is 32.1. The van der Waals surface area contributed by atoms with Gasteiger partial charge in [0.2, 0.25) is 5.91 Å². The Morgan fingerprint density at radius 2 is 2.05 bits per heavy atom. The lowest BCUT2D eigenvalue weighted by Crippen LogP contribution is -2.36. The van der Waals surface area contributed by atoms with Gasteiger partial charge in [-0.15, -0.1) is 11.3 Å². The number of thiazole rings is 1. The van der Waals surface area contributed by atoms with Crippen LogP contribution in [0.5, 0.6) is 5.75 Å². The molecule has 1 aliphatic rings. The molecule has 8 heteroatoms. The Bertz CT molecular complexity index is 1410. The first-order valence-electron chi connectivity index (χ1n) is 12.8. The molecule has 37 heavy (non-hydrogen) atoms. The van der Waals surface area contributed by atoms with E-state index in [4.69, 9.17) is 0 Å². The van der Waals surface area contributed by atoms with E-state index in [1.54, 1.807) is 23.6 Å². The Hall–Kier alpha value is -3.52. The molecular weight excluding hydrogens is 482 g/mol. The van der Waals surface area contributed by atoms with Gasteiger partial charge in [-0.25, -0.2) is 4.98 Å². The van der Waals surface area contributed by atoms with E-state index in [0.717, 1.165) is 58.0 Å². The Morgan fingerprint density at radius 1 is 1.22 bits per heavy atom. The van der Waals surface area contributed by atoms with Crippen molar-refractivity contribution in [2.45, 2.75) is 71.9 Å². The number of carbonyl (C=O) groups is 1. The van der Waals surface area contributed by atoms with E-state index in [1.165, 1.54) is 4.88 Å². The highest BCUT2D eigenvalue weighted by Gasteiger charge is 2.32. The van der Waals surface area contributed by atoms with Crippen LogP contribution in [-0.4, -0.2) is 30.8 Å². The molecule has 0 radical (unpaired) electrons. The molecule has 3 heterocycles.